The molecule has 0 saturated carbocycles. The van der Waals surface area contributed by atoms with Gasteiger partial charge >= 0.3 is 12.1 Å². The Kier molecular flexibility index (Phi) is 6.41. The van der Waals surface area contributed by atoms with Crippen molar-refractivity contribution in [3.63, 3.8) is 0 Å². The molecule has 0 aliphatic heterocycles. The summed E-state index contributed by atoms with van der Waals surface area (Å²) in [5.41, 5.74) is 1.02. The monoisotopic (exact) mass is 382 g/mol. The molecule has 0 bridgehead atoms. The molecule has 0 saturated heterocycles. The van der Waals surface area contributed by atoms with Gasteiger partial charge in [0.05, 0.1) is 0 Å². The van der Waals surface area contributed by atoms with Crippen molar-refractivity contribution in [2.75, 3.05) is 0 Å². The van der Waals surface area contributed by atoms with Gasteiger partial charge in [0, 0.05) is 10.6 Å². The molecule has 8 heteroatoms. The number of amides is 1. The summed E-state index contributed by atoms with van der Waals surface area (Å²) in [4.78, 5) is 15.1. The average molecular weight is 383 g/mol. The highest BCUT2D eigenvalue weighted by molar-refractivity contribution is 6.30. The second-order valence-corrected chi connectivity index (χ2v) is 5.51. The number of halogens is 4. The molecule has 0 aliphatic rings. The van der Waals surface area contributed by atoms with Gasteiger partial charge in [-0.1, -0.05) is 54.1 Å². The van der Waals surface area contributed by atoms with E-state index in [1.807, 2.05) is 0 Å². The molecule has 26 heavy (non-hydrogen) atoms. The summed E-state index contributed by atoms with van der Waals surface area (Å²) in [5, 5.41) is 2.16. The van der Waals surface area contributed by atoms with Crippen molar-refractivity contribution in [2.24, 2.45) is 4.99 Å². The van der Waals surface area contributed by atoms with Gasteiger partial charge < -0.3 is 4.74 Å². The number of benzene rings is 2. The van der Waals surface area contributed by atoms with E-state index >= 15 is 0 Å². The SMILES string of the molecule is C=N/C(=C(/NC(=O)C(F)(F)F)OCc1cccc(Cl)c1)c1ccccc1. The summed E-state index contributed by atoms with van der Waals surface area (Å²) in [7, 11) is 0. The van der Waals surface area contributed by atoms with Crippen LogP contribution in [0.25, 0.3) is 5.70 Å². The van der Waals surface area contributed by atoms with E-state index < -0.39 is 18.0 Å². The lowest BCUT2D eigenvalue weighted by molar-refractivity contribution is -0.173. The first-order valence-electron chi connectivity index (χ1n) is 7.33. The number of carbonyl (C=O) groups is 1. The zero-order valence-electron chi connectivity index (χ0n) is 13.4. The van der Waals surface area contributed by atoms with Crippen LogP contribution in [0.4, 0.5) is 13.2 Å². The zero-order chi connectivity index (χ0) is 19.2. The van der Waals surface area contributed by atoms with Crippen LogP contribution in [0.1, 0.15) is 11.1 Å². The van der Waals surface area contributed by atoms with Gasteiger partial charge in [-0.2, -0.15) is 13.2 Å². The third-order valence-corrected chi connectivity index (χ3v) is 3.41. The van der Waals surface area contributed by atoms with E-state index in [9.17, 15) is 18.0 Å². The number of carbonyl (C=O) groups excluding carboxylic acids is 1. The van der Waals surface area contributed by atoms with E-state index in [0.29, 0.717) is 16.1 Å². The number of nitrogens with zero attached hydrogens (tertiary/aromatic N) is 1. The van der Waals surface area contributed by atoms with Gasteiger partial charge in [0.25, 0.3) is 0 Å². The first kappa shape index (κ1) is 19.5. The number of aliphatic imine (C=N–C) groups is 1. The molecule has 0 aromatic heterocycles. The maximum atomic E-state index is 12.6. The van der Waals surface area contributed by atoms with E-state index in [1.165, 1.54) is 0 Å². The highest BCUT2D eigenvalue weighted by Gasteiger charge is 2.39. The quantitative estimate of drug-likeness (QED) is 0.588. The third-order valence-electron chi connectivity index (χ3n) is 3.18. The fourth-order valence-electron chi connectivity index (χ4n) is 2.01. The molecular weight excluding hydrogens is 369 g/mol. The lowest BCUT2D eigenvalue weighted by Gasteiger charge is -2.16. The number of nitrogens with one attached hydrogen (secondary N) is 1. The van der Waals surface area contributed by atoms with Gasteiger partial charge in [-0.15, -0.1) is 0 Å². The molecule has 2 aromatic carbocycles. The van der Waals surface area contributed by atoms with Gasteiger partial charge in [-0.3, -0.25) is 15.1 Å². The molecule has 0 radical (unpaired) electrons. The van der Waals surface area contributed by atoms with Crippen molar-refractivity contribution in [1.29, 1.82) is 0 Å². The van der Waals surface area contributed by atoms with Crippen LogP contribution in [0.15, 0.2) is 65.5 Å². The second kappa shape index (κ2) is 8.53. The fourth-order valence-corrected chi connectivity index (χ4v) is 2.22. The van der Waals surface area contributed by atoms with E-state index in [2.05, 4.69) is 11.7 Å². The Morgan fingerprint density at radius 2 is 1.85 bits per heavy atom. The van der Waals surface area contributed by atoms with E-state index in [1.54, 1.807) is 59.9 Å². The van der Waals surface area contributed by atoms with Crippen molar-refractivity contribution in [2.45, 2.75) is 12.8 Å². The number of hydrogen-bond donors (Lipinski definition) is 1. The first-order valence-corrected chi connectivity index (χ1v) is 7.71. The van der Waals surface area contributed by atoms with Gasteiger partial charge in [-0.05, 0) is 24.4 Å². The van der Waals surface area contributed by atoms with Crippen LogP contribution in [0.5, 0.6) is 0 Å². The summed E-state index contributed by atoms with van der Waals surface area (Å²) >= 11 is 5.88. The Bertz CT molecular complexity index is 821. The number of rotatable bonds is 6. The highest BCUT2D eigenvalue weighted by Crippen LogP contribution is 2.23. The molecule has 1 N–H and O–H groups in total. The standard InChI is InChI=1S/C18H14ClF3N2O2/c1-23-15(13-7-3-2-4-8-13)16(24-17(25)18(20,21)22)26-11-12-6-5-9-14(19)10-12/h2-10H,1,11H2,(H,24,25)/b16-15-. The largest absolute Gasteiger partial charge is 0.472 e. The summed E-state index contributed by atoms with van der Waals surface area (Å²) in [5.74, 6) is -2.62. The molecule has 0 spiro atoms. The zero-order valence-corrected chi connectivity index (χ0v) is 14.1. The lowest BCUT2D eigenvalue weighted by atomic mass is 10.1. The molecule has 0 atom stereocenters. The highest BCUT2D eigenvalue weighted by atomic mass is 35.5. The van der Waals surface area contributed by atoms with E-state index in [4.69, 9.17) is 16.3 Å². The van der Waals surface area contributed by atoms with Gasteiger partial charge in [0.15, 0.2) is 0 Å². The Hall–Kier alpha value is -2.80. The minimum atomic E-state index is -5.08. The van der Waals surface area contributed by atoms with Crippen LogP contribution in [0, 0.1) is 0 Å². The molecule has 136 valence electrons. The maximum absolute atomic E-state index is 12.6. The molecule has 0 unspecified atom stereocenters. The maximum Gasteiger partial charge on any atom is 0.471 e. The number of ether oxygens (including phenoxy) is 1. The Labute approximate surface area is 153 Å². The molecule has 0 heterocycles. The van der Waals surface area contributed by atoms with Crippen molar-refractivity contribution >= 4 is 29.9 Å². The Morgan fingerprint density at radius 1 is 1.15 bits per heavy atom. The first-order chi connectivity index (χ1) is 12.3. The van der Waals surface area contributed by atoms with Gasteiger partial charge in [0.1, 0.15) is 12.3 Å². The Morgan fingerprint density at radius 3 is 2.42 bits per heavy atom. The van der Waals surface area contributed by atoms with Crippen LogP contribution in [-0.2, 0) is 16.1 Å². The minimum absolute atomic E-state index is 0.0229. The predicted molar refractivity (Wildman–Crippen MR) is 93.3 cm³/mol. The molecule has 1 amide bonds. The van der Waals surface area contributed by atoms with Gasteiger partial charge in [-0.25, -0.2) is 0 Å². The molecule has 0 aliphatic carbocycles. The normalized spacial score (nSPS) is 12.2. The molecular formula is C18H14ClF3N2O2. The van der Waals surface area contributed by atoms with Crippen LogP contribution in [0.2, 0.25) is 5.02 Å². The number of hydrogen-bond acceptors (Lipinski definition) is 3. The van der Waals surface area contributed by atoms with Crippen molar-refractivity contribution in [3.8, 4) is 0 Å². The van der Waals surface area contributed by atoms with Crippen LogP contribution in [0.3, 0.4) is 0 Å². The molecule has 4 nitrogen and oxygen atoms in total. The summed E-state index contributed by atoms with van der Waals surface area (Å²) in [6, 6.07) is 14.9. The van der Waals surface area contributed by atoms with E-state index in [0.717, 1.165) is 0 Å². The molecule has 2 aromatic rings. The third kappa shape index (κ3) is 5.35. The van der Waals surface area contributed by atoms with E-state index in [-0.39, 0.29) is 12.3 Å². The summed E-state index contributed by atoms with van der Waals surface area (Å²) in [6.07, 6.45) is -5.08. The Balaban J connectivity index is 2.36. The smallest absolute Gasteiger partial charge is 0.471 e. The van der Waals surface area contributed by atoms with Crippen molar-refractivity contribution in [3.05, 3.63) is 76.6 Å². The summed E-state index contributed by atoms with van der Waals surface area (Å²) < 4.78 is 43.3. The fraction of sp³-hybridized carbons (Fsp3) is 0.111. The second-order valence-electron chi connectivity index (χ2n) is 5.07. The lowest BCUT2D eigenvalue weighted by Crippen LogP contribution is -2.37. The topological polar surface area (TPSA) is 50.7 Å². The van der Waals surface area contributed by atoms with Crippen LogP contribution in [-0.4, -0.2) is 18.8 Å². The van der Waals surface area contributed by atoms with Crippen LogP contribution >= 0.6 is 11.6 Å². The van der Waals surface area contributed by atoms with Crippen molar-refractivity contribution in [1.82, 2.24) is 5.32 Å². The van der Waals surface area contributed by atoms with Gasteiger partial charge in [0.2, 0.25) is 5.88 Å². The number of alkyl halides is 3. The summed E-state index contributed by atoms with van der Waals surface area (Å²) in [6.45, 7) is 3.23. The molecule has 0 fully saturated rings. The minimum Gasteiger partial charge on any atom is -0.472 e. The van der Waals surface area contributed by atoms with Crippen molar-refractivity contribution < 1.29 is 22.7 Å². The van der Waals surface area contributed by atoms with Crippen LogP contribution < -0.4 is 5.32 Å². The average Bonchev–Trinajstić information content (AvgIpc) is 2.60. The predicted octanol–water partition coefficient (Wildman–Crippen LogP) is 4.56. The molecule has 2 rings (SSSR count).